The maximum absolute atomic E-state index is 12.6. The Bertz CT molecular complexity index is 241. The number of ether oxygens (including phenoxy) is 1. The van der Waals surface area contributed by atoms with Gasteiger partial charge in [-0.15, -0.1) is 0 Å². The lowest BCUT2D eigenvalue weighted by molar-refractivity contribution is 0.386. The van der Waals surface area contributed by atoms with E-state index in [2.05, 4.69) is 4.98 Å². The smallest absolute Gasteiger partial charge is 0.229 e. The van der Waals surface area contributed by atoms with Gasteiger partial charge in [-0.3, -0.25) is 0 Å². The second kappa shape index (κ2) is 3.14. The van der Waals surface area contributed by atoms with E-state index in [1.807, 2.05) is 22.6 Å². The van der Waals surface area contributed by atoms with Crippen LogP contribution in [0.5, 0.6) is 5.88 Å². The van der Waals surface area contributed by atoms with E-state index in [4.69, 9.17) is 4.74 Å². The molecule has 2 nitrogen and oxygen atoms in total. The van der Waals surface area contributed by atoms with Crippen LogP contribution in [0.25, 0.3) is 0 Å². The van der Waals surface area contributed by atoms with Crippen LogP contribution >= 0.6 is 22.6 Å². The number of halogens is 2. The molecule has 0 aliphatic carbocycles. The molecule has 0 radical (unpaired) electrons. The van der Waals surface area contributed by atoms with Crippen molar-refractivity contribution in [2.24, 2.45) is 0 Å². The number of hydrogen-bond acceptors (Lipinski definition) is 2. The average molecular weight is 253 g/mol. The second-order valence-corrected chi connectivity index (χ2v) is 2.79. The third-order valence-electron chi connectivity index (χ3n) is 0.987. The Balaban J connectivity index is 3.04. The number of nitrogens with zero attached hydrogens (tertiary/aromatic N) is 1. The van der Waals surface area contributed by atoms with Crippen LogP contribution in [0.2, 0.25) is 0 Å². The number of methoxy groups -OCH3 is 1. The summed E-state index contributed by atoms with van der Waals surface area (Å²) in [5.74, 6) is -0.183. The first kappa shape index (κ1) is 7.71. The van der Waals surface area contributed by atoms with Crippen molar-refractivity contribution in [1.82, 2.24) is 4.98 Å². The van der Waals surface area contributed by atoms with E-state index in [1.54, 1.807) is 12.1 Å². The molecule has 0 unspecified atom stereocenters. The highest BCUT2D eigenvalue weighted by Gasteiger charge is 2.00. The molecule has 10 heavy (non-hydrogen) atoms. The molecular formula is C6H5FINO. The third-order valence-corrected chi connectivity index (χ3v) is 1.79. The lowest BCUT2D eigenvalue weighted by atomic mass is 10.5. The molecule has 1 aromatic rings. The molecule has 0 aliphatic heterocycles. The lowest BCUT2D eigenvalue weighted by Gasteiger charge is -1.97. The minimum Gasteiger partial charge on any atom is -0.481 e. The summed E-state index contributed by atoms with van der Waals surface area (Å²) < 4.78 is 17.8. The van der Waals surface area contributed by atoms with Crippen LogP contribution in [0.3, 0.4) is 0 Å². The van der Waals surface area contributed by atoms with E-state index in [0.717, 1.165) is 0 Å². The summed E-state index contributed by atoms with van der Waals surface area (Å²) in [5.41, 5.74) is 0. The molecule has 0 aliphatic rings. The molecule has 0 amide bonds. The van der Waals surface area contributed by atoms with Gasteiger partial charge in [-0.2, -0.15) is 9.37 Å². The quantitative estimate of drug-likeness (QED) is 0.562. The van der Waals surface area contributed by atoms with Crippen molar-refractivity contribution in [2.75, 3.05) is 7.11 Å². The van der Waals surface area contributed by atoms with Gasteiger partial charge in [-0.1, -0.05) is 0 Å². The molecule has 0 atom stereocenters. The number of hydrogen-bond donors (Lipinski definition) is 0. The molecule has 1 aromatic heterocycles. The molecule has 0 spiro atoms. The first-order chi connectivity index (χ1) is 4.74. The van der Waals surface area contributed by atoms with Crippen LogP contribution in [-0.2, 0) is 0 Å². The molecule has 4 heteroatoms. The lowest BCUT2D eigenvalue weighted by Crippen LogP contribution is -1.91. The average Bonchev–Trinajstić information content (AvgIpc) is 1.95. The molecule has 1 heterocycles. The maximum atomic E-state index is 12.6. The largest absolute Gasteiger partial charge is 0.481 e. The summed E-state index contributed by atoms with van der Waals surface area (Å²) in [6.45, 7) is 0. The predicted octanol–water partition coefficient (Wildman–Crippen LogP) is 1.83. The fourth-order valence-corrected chi connectivity index (χ4v) is 0.815. The van der Waals surface area contributed by atoms with Gasteiger partial charge in [0.15, 0.2) is 0 Å². The molecule has 0 fully saturated rings. The van der Waals surface area contributed by atoms with Crippen LogP contribution in [0, 0.1) is 9.52 Å². The van der Waals surface area contributed by atoms with Crippen molar-refractivity contribution in [1.29, 1.82) is 0 Å². The summed E-state index contributed by atoms with van der Waals surface area (Å²) in [7, 11) is 1.45. The van der Waals surface area contributed by atoms with E-state index in [-0.39, 0.29) is 0 Å². The maximum Gasteiger partial charge on any atom is 0.229 e. The Hall–Kier alpha value is -0.390. The van der Waals surface area contributed by atoms with E-state index < -0.39 is 5.95 Å². The van der Waals surface area contributed by atoms with Gasteiger partial charge in [-0.05, 0) is 28.7 Å². The van der Waals surface area contributed by atoms with Gasteiger partial charge >= 0.3 is 0 Å². The van der Waals surface area contributed by atoms with Gasteiger partial charge < -0.3 is 4.74 Å². The van der Waals surface area contributed by atoms with Crippen LogP contribution in [0.4, 0.5) is 4.39 Å². The molecule has 0 saturated heterocycles. The van der Waals surface area contributed by atoms with Gasteiger partial charge in [-0.25, -0.2) is 0 Å². The molecular weight excluding hydrogens is 248 g/mol. The highest BCUT2D eigenvalue weighted by molar-refractivity contribution is 14.1. The van der Waals surface area contributed by atoms with Gasteiger partial charge in [0.05, 0.1) is 10.7 Å². The van der Waals surface area contributed by atoms with Gasteiger partial charge in [0.2, 0.25) is 11.8 Å². The normalized spacial score (nSPS) is 9.50. The van der Waals surface area contributed by atoms with E-state index in [1.165, 1.54) is 7.11 Å². The van der Waals surface area contributed by atoms with Crippen molar-refractivity contribution in [3.05, 3.63) is 21.7 Å². The van der Waals surface area contributed by atoms with Crippen molar-refractivity contribution < 1.29 is 9.13 Å². The van der Waals surface area contributed by atoms with Gasteiger partial charge in [0, 0.05) is 6.07 Å². The third kappa shape index (κ3) is 1.56. The van der Waals surface area contributed by atoms with E-state index in [0.29, 0.717) is 9.45 Å². The van der Waals surface area contributed by atoms with Crippen LogP contribution in [0.1, 0.15) is 0 Å². The van der Waals surface area contributed by atoms with E-state index >= 15 is 0 Å². The summed E-state index contributed by atoms with van der Waals surface area (Å²) >= 11 is 1.86. The Morgan fingerprint density at radius 1 is 1.60 bits per heavy atom. The minimum absolute atomic E-state index is 0.304. The van der Waals surface area contributed by atoms with Gasteiger partial charge in [0.1, 0.15) is 0 Å². The molecule has 54 valence electrons. The number of rotatable bonds is 1. The van der Waals surface area contributed by atoms with Gasteiger partial charge in [0.25, 0.3) is 0 Å². The van der Waals surface area contributed by atoms with E-state index in [9.17, 15) is 4.39 Å². The second-order valence-electron chi connectivity index (χ2n) is 1.63. The monoisotopic (exact) mass is 253 g/mol. The summed E-state index contributed by atoms with van der Waals surface area (Å²) in [6, 6.07) is 3.23. The Labute approximate surface area is 71.6 Å². The summed E-state index contributed by atoms with van der Waals surface area (Å²) in [5, 5.41) is 0. The zero-order valence-electron chi connectivity index (χ0n) is 5.27. The zero-order valence-corrected chi connectivity index (χ0v) is 7.42. The first-order valence-corrected chi connectivity index (χ1v) is 3.68. The van der Waals surface area contributed by atoms with Crippen molar-refractivity contribution in [3.8, 4) is 5.88 Å². The highest BCUT2D eigenvalue weighted by Crippen LogP contribution is 2.12. The fraction of sp³-hybridized carbons (Fsp3) is 0.167. The number of pyridine rings is 1. The summed E-state index contributed by atoms with van der Waals surface area (Å²) in [4.78, 5) is 3.49. The Kier molecular flexibility index (Phi) is 2.42. The summed E-state index contributed by atoms with van der Waals surface area (Å²) in [6.07, 6.45) is 0. The van der Waals surface area contributed by atoms with Crippen LogP contribution < -0.4 is 4.74 Å². The fourth-order valence-electron chi connectivity index (χ4n) is 0.514. The minimum atomic E-state index is -0.486. The molecule has 0 N–H and O–H groups in total. The SMILES string of the molecule is COc1ccc(I)c(F)n1. The molecule has 0 bridgehead atoms. The zero-order chi connectivity index (χ0) is 7.56. The van der Waals surface area contributed by atoms with Crippen LogP contribution in [-0.4, -0.2) is 12.1 Å². The predicted molar refractivity (Wildman–Crippen MR) is 43.5 cm³/mol. The molecule has 0 saturated carbocycles. The Morgan fingerprint density at radius 3 is 2.80 bits per heavy atom. The first-order valence-electron chi connectivity index (χ1n) is 2.60. The van der Waals surface area contributed by atoms with Crippen molar-refractivity contribution in [3.63, 3.8) is 0 Å². The molecule has 1 rings (SSSR count). The highest BCUT2D eigenvalue weighted by atomic mass is 127. The topological polar surface area (TPSA) is 22.1 Å². The standard InChI is InChI=1S/C6H5FINO/c1-10-5-3-2-4(8)6(7)9-5/h2-3H,1H3. The molecule has 0 aromatic carbocycles. The van der Waals surface area contributed by atoms with Crippen molar-refractivity contribution >= 4 is 22.6 Å². The van der Waals surface area contributed by atoms with Crippen molar-refractivity contribution in [2.45, 2.75) is 0 Å². The number of aromatic nitrogens is 1. The van der Waals surface area contributed by atoms with Crippen LogP contribution in [0.15, 0.2) is 12.1 Å². The Morgan fingerprint density at radius 2 is 2.30 bits per heavy atom.